The van der Waals surface area contributed by atoms with E-state index in [1.165, 1.54) is 44.9 Å². The van der Waals surface area contributed by atoms with Gasteiger partial charge in [0.2, 0.25) is 0 Å². The van der Waals surface area contributed by atoms with E-state index < -0.39 is 0 Å². The lowest BCUT2D eigenvalue weighted by molar-refractivity contribution is 0.317. The Balaban J connectivity index is 4.54. The van der Waals surface area contributed by atoms with Crippen LogP contribution in [-0.4, -0.2) is 0 Å². The first-order valence-corrected chi connectivity index (χ1v) is 13.3. The maximum absolute atomic E-state index is 14.9. The lowest BCUT2D eigenvalue weighted by atomic mass is 9.83. The normalized spacial score (nSPS) is 18.2. The summed E-state index contributed by atoms with van der Waals surface area (Å²) < 4.78 is 14.9. The van der Waals surface area contributed by atoms with Crippen LogP contribution in [0.5, 0.6) is 0 Å². The number of unbranched alkanes of at least 4 members (excludes halogenated alkanes) is 2. The molecule has 0 nitrogen and oxygen atoms in total. The van der Waals surface area contributed by atoms with E-state index in [1.54, 1.807) is 6.08 Å². The molecule has 6 unspecified atom stereocenters. The maximum atomic E-state index is 14.9. The summed E-state index contributed by atoms with van der Waals surface area (Å²) >= 11 is 0. The fourth-order valence-electron chi connectivity index (χ4n) is 4.21. The SMILES string of the molecule is C=C(/C=C(/F)C(=C)C(C)CCC(C)C(C)CCCC)C(C)CCC(C)C(C)CCCC. The van der Waals surface area contributed by atoms with Crippen LogP contribution >= 0.6 is 0 Å². The van der Waals surface area contributed by atoms with E-state index in [4.69, 9.17) is 0 Å². The van der Waals surface area contributed by atoms with Crippen LogP contribution in [0.25, 0.3) is 0 Å². The predicted molar refractivity (Wildman–Crippen MR) is 140 cm³/mol. The lowest BCUT2D eigenvalue weighted by Gasteiger charge is -2.23. The highest BCUT2D eigenvalue weighted by atomic mass is 19.1. The summed E-state index contributed by atoms with van der Waals surface area (Å²) in [6.07, 6.45) is 13.8. The van der Waals surface area contributed by atoms with Gasteiger partial charge in [0, 0.05) is 0 Å². The van der Waals surface area contributed by atoms with Crippen molar-refractivity contribution in [1.82, 2.24) is 0 Å². The molecule has 0 aromatic heterocycles. The summed E-state index contributed by atoms with van der Waals surface area (Å²) in [5.41, 5.74) is 1.55. The second-order valence-corrected chi connectivity index (χ2v) is 10.7. The minimum atomic E-state index is -0.166. The molecule has 0 amide bonds. The highest BCUT2D eigenvalue weighted by Gasteiger charge is 2.18. The van der Waals surface area contributed by atoms with Crippen molar-refractivity contribution in [3.05, 3.63) is 36.2 Å². The van der Waals surface area contributed by atoms with Crippen molar-refractivity contribution in [2.45, 2.75) is 120 Å². The third-order valence-corrected chi connectivity index (χ3v) is 7.93. The molecule has 182 valence electrons. The number of allylic oxidation sites excluding steroid dienone is 4. The van der Waals surface area contributed by atoms with Gasteiger partial charge in [-0.05, 0) is 78.4 Å². The maximum Gasteiger partial charge on any atom is 0.126 e. The van der Waals surface area contributed by atoms with Crippen LogP contribution in [0.3, 0.4) is 0 Å². The summed E-state index contributed by atoms with van der Waals surface area (Å²) in [6.45, 7) is 26.5. The standard InChI is InChI=1S/C30H55F/c1-11-13-15-22(3)24(5)17-18-26(7)28(9)21-30(31)29(10)27(8)20-19-25(6)23(4)16-14-12-2/h21-27H,9-20H2,1-8H3/b30-21+. The second kappa shape index (κ2) is 16.7. The molecule has 0 aromatic rings. The summed E-state index contributed by atoms with van der Waals surface area (Å²) in [7, 11) is 0. The largest absolute Gasteiger partial charge is 0.207 e. The van der Waals surface area contributed by atoms with Gasteiger partial charge in [0.25, 0.3) is 0 Å². The molecule has 0 fully saturated rings. The van der Waals surface area contributed by atoms with E-state index >= 15 is 0 Å². The van der Waals surface area contributed by atoms with Gasteiger partial charge in [-0.2, -0.15) is 0 Å². The van der Waals surface area contributed by atoms with E-state index in [0.717, 1.165) is 36.7 Å². The molecule has 0 saturated heterocycles. The molecule has 0 rings (SSSR count). The predicted octanol–water partition coefficient (Wildman–Crippen LogP) is 10.7. The van der Waals surface area contributed by atoms with Gasteiger partial charge in [-0.15, -0.1) is 0 Å². The summed E-state index contributed by atoms with van der Waals surface area (Å²) in [5.74, 6) is 3.24. The minimum absolute atomic E-state index is 0.166. The highest BCUT2D eigenvalue weighted by molar-refractivity contribution is 5.32. The Kier molecular flexibility index (Phi) is 16.3. The van der Waals surface area contributed by atoms with Crippen molar-refractivity contribution < 1.29 is 4.39 Å². The fraction of sp³-hybridized carbons (Fsp3) is 0.800. The second-order valence-electron chi connectivity index (χ2n) is 10.7. The molecule has 0 bridgehead atoms. The molecule has 0 heterocycles. The van der Waals surface area contributed by atoms with Gasteiger partial charge >= 0.3 is 0 Å². The molecule has 0 radical (unpaired) electrons. The molecule has 0 saturated carbocycles. The third kappa shape index (κ3) is 12.7. The van der Waals surface area contributed by atoms with Crippen molar-refractivity contribution in [1.29, 1.82) is 0 Å². The molecule has 0 aliphatic rings. The van der Waals surface area contributed by atoms with Gasteiger partial charge in [-0.3, -0.25) is 0 Å². The summed E-state index contributed by atoms with van der Waals surface area (Å²) in [5, 5.41) is 0. The van der Waals surface area contributed by atoms with E-state index in [1.807, 2.05) is 0 Å². The van der Waals surface area contributed by atoms with Crippen molar-refractivity contribution >= 4 is 0 Å². The molecule has 31 heavy (non-hydrogen) atoms. The molecular formula is C30H55F. The van der Waals surface area contributed by atoms with Crippen LogP contribution in [0.2, 0.25) is 0 Å². The van der Waals surface area contributed by atoms with E-state index in [-0.39, 0.29) is 11.7 Å². The Labute approximate surface area is 195 Å². The molecule has 0 aliphatic heterocycles. The molecule has 0 N–H and O–H groups in total. The quantitative estimate of drug-likeness (QED) is 0.188. The molecule has 0 spiro atoms. The number of halogens is 1. The first-order valence-electron chi connectivity index (χ1n) is 13.3. The van der Waals surface area contributed by atoms with Crippen LogP contribution in [0.15, 0.2) is 36.2 Å². The van der Waals surface area contributed by atoms with E-state index in [2.05, 4.69) is 68.5 Å². The summed E-state index contributed by atoms with van der Waals surface area (Å²) in [6, 6.07) is 0. The Bertz CT molecular complexity index is 529. The lowest BCUT2D eigenvalue weighted by Crippen LogP contribution is -2.11. The number of hydrogen-bond acceptors (Lipinski definition) is 0. The first-order chi connectivity index (χ1) is 14.5. The van der Waals surface area contributed by atoms with Crippen LogP contribution in [0, 0.1) is 35.5 Å². The zero-order valence-electron chi connectivity index (χ0n) is 22.4. The van der Waals surface area contributed by atoms with Gasteiger partial charge in [0.15, 0.2) is 0 Å². The number of rotatable bonds is 18. The summed E-state index contributed by atoms with van der Waals surface area (Å²) in [4.78, 5) is 0. The molecule has 1 heteroatoms. The zero-order valence-corrected chi connectivity index (χ0v) is 22.4. The van der Waals surface area contributed by atoms with Crippen LogP contribution in [0.4, 0.5) is 4.39 Å². The Morgan fingerprint density at radius 3 is 1.45 bits per heavy atom. The smallest absolute Gasteiger partial charge is 0.126 e. The van der Waals surface area contributed by atoms with Crippen LogP contribution in [0.1, 0.15) is 120 Å². The molecule has 0 aliphatic carbocycles. The third-order valence-electron chi connectivity index (χ3n) is 7.93. The highest BCUT2D eigenvalue weighted by Crippen LogP contribution is 2.31. The Hall–Kier alpha value is -0.850. The van der Waals surface area contributed by atoms with Gasteiger partial charge in [-0.1, -0.05) is 107 Å². The van der Waals surface area contributed by atoms with Crippen molar-refractivity contribution in [3.63, 3.8) is 0 Å². The average molecular weight is 435 g/mol. The fourth-order valence-corrected chi connectivity index (χ4v) is 4.21. The van der Waals surface area contributed by atoms with Crippen molar-refractivity contribution in [2.24, 2.45) is 35.5 Å². The molecule has 6 atom stereocenters. The molecular weight excluding hydrogens is 379 g/mol. The minimum Gasteiger partial charge on any atom is -0.207 e. The van der Waals surface area contributed by atoms with E-state index in [0.29, 0.717) is 23.3 Å². The van der Waals surface area contributed by atoms with Gasteiger partial charge < -0.3 is 0 Å². The Morgan fingerprint density at radius 1 is 0.645 bits per heavy atom. The Morgan fingerprint density at radius 2 is 1.03 bits per heavy atom. The zero-order chi connectivity index (χ0) is 24.0. The van der Waals surface area contributed by atoms with Crippen molar-refractivity contribution in [3.8, 4) is 0 Å². The average Bonchev–Trinajstić information content (AvgIpc) is 2.76. The van der Waals surface area contributed by atoms with Gasteiger partial charge in [0.05, 0.1) is 0 Å². The monoisotopic (exact) mass is 434 g/mol. The van der Waals surface area contributed by atoms with Crippen molar-refractivity contribution in [2.75, 3.05) is 0 Å². The van der Waals surface area contributed by atoms with Gasteiger partial charge in [-0.25, -0.2) is 4.39 Å². The first kappa shape index (κ1) is 30.1. The van der Waals surface area contributed by atoms with E-state index in [9.17, 15) is 4.39 Å². The van der Waals surface area contributed by atoms with Crippen LogP contribution < -0.4 is 0 Å². The molecule has 0 aromatic carbocycles. The van der Waals surface area contributed by atoms with Crippen LogP contribution in [-0.2, 0) is 0 Å². The van der Waals surface area contributed by atoms with Gasteiger partial charge in [0.1, 0.15) is 5.83 Å². The topological polar surface area (TPSA) is 0 Å². The number of hydrogen-bond donors (Lipinski definition) is 0.